The van der Waals surface area contributed by atoms with E-state index in [9.17, 15) is 4.79 Å². The summed E-state index contributed by atoms with van der Waals surface area (Å²) in [6.45, 7) is 3.99. The third-order valence-electron chi connectivity index (χ3n) is 4.69. The molecule has 140 valence electrons. The lowest BCUT2D eigenvalue weighted by atomic mass is 9.96. The molecule has 0 spiro atoms. The first-order valence-corrected chi connectivity index (χ1v) is 9.94. The second kappa shape index (κ2) is 9.59. The van der Waals surface area contributed by atoms with Crippen LogP contribution in [0.1, 0.15) is 18.4 Å². The molecule has 0 saturated carbocycles. The highest BCUT2D eigenvalue weighted by atomic mass is 32.1. The monoisotopic (exact) mass is 374 g/mol. The normalized spacial score (nSPS) is 15.6. The van der Waals surface area contributed by atoms with Crippen LogP contribution in [-0.2, 0) is 11.3 Å². The smallest absolute Gasteiger partial charge is 0.257 e. The lowest BCUT2D eigenvalue weighted by Gasteiger charge is -2.31. The van der Waals surface area contributed by atoms with Crippen LogP contribution in [0.5, 0.6) is 11.5 Å². The minimum Gasteiger partial charge on any atom is -0.497 e. The summed E-state index contributed by atoms with van der Waals surface area (Å²) in [7, 11) is 1.61. The van der Waals surface area contributed by atoms with E-state index in [0.29, 0.717) is 11.7 Å². The molecular weight excluding hydrogens is 348 g/mol. The molecule has 0 radical (unpaired) electrons. The molecule has 0 aliphatic carbocycles. The Morgan fingerprint density at radius 2 is 2.08 bits per heavy atom. The molecule has 6 heteroatoms. The summed E-state index contributed by atoms with van der Waals surface area (Å²) in [5.74, 6) is 1.83. The number of likely N-dealkylation sites (tertiary alicyclic amines) is 1. The highest BCUT2D eigenvalue weighted by Crippen LogP contribution is 2.20. The predicted octanol–water partition coefficient (Wildman–Crippen LogP) is 3.16. The summed E-state index contributed by atoms with van der Waals surface area (Å²) in [5.41, 5.74) is 1.40. The quantitative estimate of drug-likeness (QED) is 0.771. The van der Waals surface area contributed by atoms with E-state index in [1.54, 1.807) is 24.5 Å². The fraction of sp³-hybridized carbons (Fsp3) is 0.450. The predicted molar refractivity (Wildman–Crippen MR) is 104 cm³/mol. The summed E-state index contributed by atoms with van der Waals surface area (Å²) < 4.78 is 10.7. The van der Waals surface area contributed by atoms with Gasteiger partial charge in [0.15, 0.2) is 6.61 Å². The van der Waals surface area contributed by atoms with E-state index < -0.39 is 0 Å². The van der Waals surface area contributed by atoms with Crippen LogP contribution in [0.2, 0.25) is 0 Å². The van der Waals surface area contributed by atoms with Gasteiger partial charge in [-0.15, -0.1) is 0 Å². The van der Waals surface area contributed by atoms with Gasteiger partial charge in [-0.25, -0.2) is 0 Å². The number of thiophene rings is 1. The van der Waals surface area contributed by atoms with E-state index in [0.717, 1.165) is 44.8 Å². The van der Waals surface area contributed by atoms with Gasteiger partial charge in [0, 0.05) is 19.2 Å². The molecule has 1 saturated heterocycles. The van der Waals surface area contributed by atoms with Gasteiger partial charge in [0.25, 0.3) is 5.91 Å². The highest BCUT2D eigenvalue weighted by molar-refractivity contribution is 7.07. The molecular formula is C20H26N2O3S. The number of ether oxygens (including phenoxy) is 2. The summed E-state index contributed by atoms with van der Waals surface area (Å²) in [4.78, 5) is 14.5. The lowest BCUT2D eigenvalue weighted by Crippen LogP contribution is -2.39. The van der Waals surface area contributed by atoms with Crippen molar-refractivity contribution >= 4 is 17.2 Å². The number of hydrogen-bond donors (Lipinski definition) is 1. The van der Waals surface area contributed by atoms with Gasteiger partial charge < -0.3 is 14.8 Å². The van der Waals surface area contributed by atoms with Gasteiger partial charge in [0.1, 0.15) is 11.5 Å². The van der Waals surface area contributed by atoms with E-state index in [1.165, 1.54) is 5.56 Å². The minimum absolute atomic E-state index is 0.0319. The lowest BCUT2D eigenvalue weighted by molar-refractivity contribution is -0.123. The average Bonchev–Trinajstić information content (AvgIpc) is 3.19. The Morgan fingerprint density at radius 1 is 1.27 bits per heavy atom. The fourth-order valence-corrected chi connectivity index (χ4v) is 3.80. The van der Waals surface area contributed by atoms with E-state index in [4.69, 9.17) is 9.47 Å². The Morgan fingerprint density at radius 3 is 2.81 bits per heavy atom. The topological polar surface area (TPSA) is 50.8 Å². The van der Waals surface area contributed by atoms with Crippen LogP contribution in [0.3, 0.4) is 0 Å². The maximum atomic E-state index is 12.0. The molecule has 2 heterocycles. The van der Waals surface area contributed by atoms with Crippen molar-refractivity contribution in [2.75, 3.05) is 33.4 Å². The average molecular weight is 375 g/mol. The van der Waals surface area contributed by atoms with E-state index in [-0.39, 0.29) is 12.5 Å². The molecule has 26 heavy (non-hydrogen) atoms. The standard InChI is InChI=1S/C20H26N2O3S/c1-24-18-3-2-4-19(11-18)25-14-20(23)21-12-16-5-8-22(9-6-16)13-17-7-10-26-15-17/h2-4,7,10-11,15-16H,5-6,8-9,12-14H2,1H3,(H,21,23). The SMILES string of the molecule is COc1cccc(OCC(=O)NCC2CCN(Cc3ccsc3)CC2)c1. The summed E-state index contributed by atoms with van der Waals surface area (Å²) in [6.07, 6.45) is 2.25. The van der Waals surface area contributed by atoms with Crippen molar-refractivity contribution in [3.05, 3.63) is 46.7 Å². The molecule has 3 rings (SSSR count). The molecule has 1 aromatic carbocycles. The zero-order valence-electron chi connectivity index (χ0n) is 15.1. The number of nitrogens with zero attached hydrogens (tertiary/aromatic N) is 1. The zero-order valence-corrected chi connectivity index (χ0v) is 16.0. The molecule has 0 unspecified atom stereocenters. The molecule has 1 amide bonds. The van der Waals surface area contributed by atoms with Gasteiger partial charge in [-0.1, -0.05) is 6.07 Å². The first-order chi connectivity index (χ1) is 12.7. The van der Waals surface area contributed by atoms with Crippen molar-refractivity contribution < 1.29 is 14.3 Å². The molecule has 1 aromatic heterocycles. The Labute approximate surface area is 158 Å². The summed E-state index contributed by atoms with van der Waals surface area (Å²) >= 11 is 1.75. The third-order valence-corrected chi connectivity index (χ3v) is 5.42. The Kier molecular flexibility index (Phi) is 6.91. The Bertz CT molecular complexity index is 682. The first kappa shape index (κ1) is 18.7. The van der Waals surface area contributed by atoms with Crippen molar-refractivity contribution in [1.82, 2.24) is 10.2 Å². The van der Waals surface area contributed by atoms with E-state index in [1.807, 2.05) is 18.2 Å². The Hall–Kier alpha value is -2.05. The van der Waals surface area contributed by atoms with Crippen molar-refractivity contribution in [2.24, 2.45) is 5.92 Å². The van der Waals surface area contributed by atoms with Crippen LogP contribution in [0.25, 0.3) is 0 Å². The maximum absolute atomic E-state index is 12.0. The van der Waals surface area contributed by atoms with Crippen molar-refractivity contribution in [2.45, 2.75) is 19.4 Å². The molecule has 0 bridgehead atoms. The molecule has 1 N–H and O–H groups in total. The van der Waals surface area contributed by atoms with Crippen LogP contribution >= 0.6 is 11.3 Å². The second-order valence-corrected chi connectivity index (χ2v) is 7.40. The van der Waals surface area contributed by atoms with Gasteiger partial charge >= 0.3 is 0 Å². The molecule has 1 aliphatic heterocycles. The number of benzene rings is 1. The molecule has 1 aliphatic rings. The summed E-state index contributed by atoms with van der Waals surface area (Å²) in [5, 5.41) is 7.35. The number of rotatable bonds is 8. The number of hydrogen-bond acceptors (Lipinski definition) is 5. The Balaban J connectivity index is 1.32. The largest absolute Gasteiger partial charge is 0.497 e. The molecule has 0 atom stereocenters. The van der Waals surface area contributed by atoms with E-state index in [2.05, 4.69) is 27.0 Å². The second-order valence-electron chi connectivity index (χ2n) is 6.62. The molecule has 5 nitrogen and oxygen atoms in total. The van der Waals surface area contributed by atoms with Gasteiger partial charge in [-0.05, 0) is 66.4 Å². The van der Waals surface area contributed by atoms with Crippen molar-refractivity contribution in [3.63, 3.8) is 0 Å². The number of methoxy groups -OCH3 is 1. The number of nitrogens with one attached hydrogen (secondary N) is 1. The first-order valence-electron chi connectivity index (χ1n) is 9.00. The summed E-state index contributed by atoms with van der Waals surface area (Å²) in [6, 6.07) is 9.47. The van der Waals surface area contributed by atoms with Gasteiger partial charge in [-0.2, -0.15) is 11.3 Å². The number of piperidine rings is 1. The number of amides is 1. The van der Waals surface area contributed by atoms with Crippen LogP contribution in [0.4, 0.5) is 0 Å². The third kappa shape index (κ3) is 5.75. The van der Waals surface area contributed by atoms with Crippen molar-refractivity contribution in [3.8, 4) is 11.5 Å². The van der Waals surface area contributed by atoms with Crippen LogP contribution < -0.4 is 14.8 Å². The van der Waals surface area contributed by atoms with Crippen LogP contribution in [0, 0.1) is 5.92 Å². The van der Waals surface area contributed by atoms with Crippen LogP contribution in [0.15, 0.2) is 41.1 Å². The maximum Gasteiger partial charge on any atom is 0.257 e. The number of carbonyl (C=O) groups is 1. The van der Waals surface area contributed by atoms with E-state index >= 15 is 0 Å². The van der Waals surface area contributed by atoms with Gasteiger partial charge in [-0.3, -0.25) is 9.69 Å². The minimum atomic E-state index is -0.0754. The fourth-order valence-electron chi connectivity index (χ4n) is 3.14. The zero-order chi connectivity index (χ0) is 18.2. The number of carbonyl (C=O) groups excluding carboxylic acids is 1. The van der Waals surface area contributed by atoms with Gasteiger partial charge in [0.2, 0.25) is 0 Å². The molecule has 1 fully saturated rings. The molecule has 2 aromatic rings. The van der Waals surface area contributed by atoms with Crippen LogP contribution in [-0.4, -0.2) is 44.2 Å². The highest BCUT2D eigenvalue weighted by Gasteiger charge is 2.19. The van der Waals surface area contributed by atoms with Gasteiger partial charge in [0.05, 0.1) is 7.11 Å². The van der Waals surface area contributed by atoms with Crippen molar-refractivity contribution in [1.29, 1.82) is 0 Å².